The normalized spacial score (nSPS) is 24.9. The van der Waals surface area contributed by atoms with Crippen molar-refractivity contribution in [2.45, 2.75) is 50.2 Å². The van der Waals surface area contributed by atoms with Gasteiger partial charge >= 0.3 is 0 Å². The minimum Gasteiger partial charge on any atom is -0.268 e. The topological polar surface area (TPSA) is 49.4 Å². The van der Waals surface area contributed by atoms with Crippen molar-refractivity contribution >= 4 is 21.1 Å². The average molecular weight is 254 g/mol. The Labute approximate surface area is 104 Å². The van der Waals surface area contributed by atoms with E-state index in [0.717, 1.165) is 30.7 Å². The Morgan fingerprint density at radius 1 is 1.00 bits per heavy atom. The summed E-state index contributed by atoms with van der Waals surface area (Å²) in [6.45, 7) is 0. The molecule has 0 aromatic heterocycles. The van der Waals surface area contributed by atoms with E-state index in [-0.39, 0.29) is 17.1 Å². The van der Waals surface area contributed by atoms with Crippen LogP contribution in [-0.2, 0) is 9.59 Å². The van der Waals surface area contributed by atoms with Crippen LogP contribution in [0.25, 0.3) is 0 Å². The third-order valence-electron chi connectivity index (χ3n) is 3.39. The molecule has 0 spiro atoms. The number of imide groups is 1. The second kappa shape index (κ2) is 5.28. The Bertz CT molecular complexity index is 328. The maximum absolute atomic E-state index is 11.5. The van der Waals surface area contributed by atoms with Crippen molar-refractivity contribution < 1.29 is 9.59 Å². The molecule has 4 nitrogen and oxygen atoms in total. The predicted octanol–water partition coefficient (Wildman–Crippen LogP) is 1.73. The summed E-state index contributed by atoms with van der Waals surface area (Å²) in [4.78, 5) is 23.0. The van der Waals surface area contributed by atoms with Crippen molar-refractivity contribution in [1.29, 1.82) is 0 Å². The van der Waals surface area contributed by atoms with Crippen LogP contribution in [0.2, 0.25) is 0 Å². The summed E-state index contributed by atoms with van der Waals surface area (Å²) >= 11 is 0. The van der Waals surface area contributed by atoms with E-state index in [4.69, 9.17) is 0 Å². The van der Waals surface area contributed by atoms with E-state index >= 15 is 0 Å². The van der Waals surface area contributed by atoms with E-state index in [1.165, 1.54) is 31.4 Å². The third-order valence-corrected chi connectivity index (χ3v) is 4.10. The zero-order valence-corrected chi connectivity index (χ0v) is 11.1. The van der Waals surface area contributed by atoms with E-state index in [2.05, 4.69) is 14.7 Å². The van der Waals surface area contributed by atoms with Crippen molar-refractivity contribution in [3.8, 4) is 0 Å². The van der Waals surface area contributed by atoms with Crippen LogP contribution in [0.4, 0.5) is 0 Å². The zero-order valence-electron chi connectivity index (χ0n) is 9.95. The van der Waals surface area contributed by atoms with Gasteiger partial charge in [0.1, 0.15) is 0 Å². The van der Waals surface area contributed by atoms with Gasteiger partial charge in [0.25, 0.3) is 11.8 Å². The summed E-state index contributed by atoms with van der Waals surface area (Å²) in [7, 11) is 2.80. The molecule has 0 aromatic rings. The lowest BCUT2D eigenvalue weighted by Crippen LogP contribution is -2.53. The van der Waals surface area contributed by atoms with Crippen molar-refractivity contribution in [2.24, 2.45) is 0 Å². The first kappa shape index (κ1) is 12.7. The molecule has 5 heteroatoms. The number of hydrazine groups is 1. The van der Waals surface area contributed by atoms with Crippen LogP contribution in [0.1, 0.15) is 44.9 Å². The van der Waals surface area contributed by atoms with Gasteiger partial charge in [-0.25, -0.2) is 10.4 Å². The van der Waals surface area contributed by atoms with Crippen LogP contribution < -0.4 is 5.43 Å². The first-order chi connectivity index (χ1) is 8.11. The zero-order chi connectivity index (χ0) is 12.3. The summed E-state index contributed by atoms with van der Waals surface area (Å²) < 4.78 is 0. The number of hydrogen-bond acceptors (Lipinski definition) is 3. The average Bonchev–Trinajstić information content (AvgIpc) is 2.56. The van der Waals surface area contributed by atoms with E-state index in [9.17, 15) is 9.59 Å². The fourth-order valence-corrected chi connectivity index (χ4v) is 2.92. The van der Waals surface area contributed by atoms with E-state index in [0.29, 0.717) is 0 Å². The molecular weight excluding hydrogens is 235 g/mol. The second-order valence-corrected chi connectivity index (χ2v) is 5.99. The number of nitrogens with one attached hydrogen (secondary N) is 1. The number of amides is 2. The lowest BCUT2D eigenvalue weighted by Gasteiger charge is -2.35. The van der Waals surface area contributed by atoms with Crippen molar-refractivity contribution in [2.75, 3.05) is 0 Å². The molecule has 1 fully saturated rings. The van der Waals surface area contributed by atoms with Gasteiger partial charge < -0.3 is 0 Å². The summed E-state index contributed by atoms with van der Waals surface area (Å²) in [5.41, 5.74) is 3.10. The molecule has 1 heterocycles. The third kappa shape index (κ3) is 3.14. The lowest BCUT2D eigenvalue weighted by molar-refractivity contribution is -0.142. The highest BCUT2D eigenvalue weighted by Gasteiger charge is 2.32. The molecule has 2 rings (SSSR count). The fourth-order valence-electron chi connectivity index (χ4n) is 2.38. The van der Waals surface area contributed by atoms with Gasteiger partial charge in [0.2, 0.25) is 0 Å². The molecule has 1 N–H and O–H groups in total. The number of carbonyl (C=O) groups is 2. The molecule has 1 aliphatic carbocycles. The molecule has 17 heavy (non-hydrogen) atoms. The Morgan fingerprint density at radius 3 is 2.00 bits per heavy atom. The first-order valence-electron chi connectivity index (χ1n) is 6.24. The van der Waals surface area contributed by atoms with Gasteiger partial charge in [-0.1, -0.05) is 32.1 Å². The molecule has 1 atom stereocenters. The highest BCUT2D eigenvalue weighted by atomic mass is 31.0. The van der Waals surface area contributed by atoms with Gasteiger partial charge in [0, 0.05) is 12.2 Å². The van der Waals surface area contributed by atoms with Crippen LogP contribution in [0.3, 0.4) is 0 Å². The van der Waals surface area contributed by atoms with Crippen LogP contribution in [-0.4, -0.2) is 22.1 Å². The molecule has 2 aliphatic rings. The monoisotopic (exact) mass is 254 g/mol. The maximum Gasteiger partial charge on any atom is 0.268 e. The Balaban J connectivity index is 1.99. The Morgan fingerprint density at radius 2 is 1.47 bits per heavy atom. The maximum atomic E-state index is 11.5. The Kier molecular flexibility index (Phi) is 3.95. The standard InChI is InChI=1S/C12H19N2O2P/c15-10-6-7-11(16)14(10)13-12(17)8-4-2-1-3-5-9-12/h6-7,13H,1-5,8-9,17H2. The largest absolute Gasteiger partial charge is 0.268 e. The molecule has 1 unspecified atom stereocenters. The van der Waals surface area contributed by atoms with Gasteiger partial charge in [0.15, 0.2) is 0 Å². The number of hydrogen-bond donors (Lipinski definition) is 1. The molecule has 0 bridgehead atoms. The van der Waals surface area contributed by atoms with Gasteiger partial charge in [-0.2, -0.15) is 0 Å². The predicted molar refractivity (Wildman–Crippen MR) is 68.9 cm³/mol. The highest BCUT2D eigenvalue weighted by molar-refractivity contribution is 7.18. The summed E-state index contributed by atoms with van der Waals surface area (Å²) in [6.07, 6.45) is 10.6. The van der Waals surface area contributed by atoms with Crippen LogP contribution in [0.5, 0.6) is 0 Å². The summed E-state index contributed by atoms with van der Waals surface area (Å²) in [5, 5.41) is 0.923. The van der Waals surface area contributed by atoms with E-state index in [1.807, 2.05) is 0 Å². The van der Waals surface area contributed by atoms with Crippen LogP contribution in [0.15, 0.2) is 12.2 Å². The highest BCUT2D eigenvalue weighted by Crippen LogP contribution is 2.32. The Hall–Kier alpha value is -0.730. The molecule has 0 saturated heterocycles. The SMILES string of the molecule is O=C1C=CC(=O)N1NC1(P)CCCCCCC1. The van der Waals surface area contributed by atoms with Crippen molar-refractivity contribution in [3.05, 3.63) is 12.2 Å². The molecule has 2 amide bonds. The van der Waals surface area contributed by atoms with Gasteiger partial charge in [-0.3, -0.25) is 9.59 Å². The fraction of sp³-hybridized carbons (Fsp3) is 0.667. The molecule has 0 radical (unpaired) electrons. The molecular formula is C12H19N2O2P. The molecule has 94 valence electrons. The van der Waals surface area contributed by atoms with Gasteiger partial charge in [-0.15, -0.1) is 9.24 Å². The van der Waals surface area contributed by atoms with Crippen molar-refractivity contribution in [3.63, 3.8) is 0 Å². The second-order valence-electron chi connectivity index (χ2n) is 4.88. The van der Waals surface area contributed by atoms with Crippen LogP contribution >= 0.6 is 9.24 Å². The number of rotatable bonds is 2. The number of nitrogens with zero attached hydrogens (tertiary/aromatic N) is 1. The van der Waals surface area contributed by atoms with Crippen molar-refractivity contribution in [1.82, 2.24) is 10.4 Å². The minimum absolute atomic E-state index is 0.211. The van der Waals surface area contributed by atoms with Crippen LogP contribution in [0, 0.1) is 0 Å². The quantitative estimate of drug-likeness (QED) is 0.603. The first-order valence-corrected chi connectivity index (χ1v) is 6.81. The molecule has 1 aliphatic heterocycles. The summed E-state index contributed by atoms with van der Waals surface area (Å²) in [5.74, 6) is -0.530. The lowest BCUT2D eigenvalue weighted by atomic mass is 9.96. The summed E-state index contributed by atoms with van der Waals surface area (Å²) in [6, 6.07) is 0. The van der Waals surface area contributed by atoms with E-state index in [1.54, 1.807) is 0 Å². The molecule has 0 aromatic carbocycles. The number of carbonyl (C=O) groups excluding carboxylic acids is 2. The molecule has 1 saturated carbocycles. The van der Waals surface area contributed by atoms with Gasteiger partial charge in [-0.05, 0) is 12.8 Å². The minimum atomic E-state index is -0.265. The smallest absolute Gasteiger partial charge is 0.268 e. The van der Waals surface area contributed by atoms with E-state index < -0.39 is 0 Å². The van der Waals surface area contributed by atoms with Gasteiger partial charge in [0.05, 0.1) is 5.28 Å².